The number of fused-ring (bicyclic) bond motifs is 1. The SMILES string of the molecule is Cc1ccc(S(=O)(=O)n2cc(/C=C(/c3ccccc3)S(=O)(=O)c3ccccc3)c3ccccc32)cc1. The molecular weight excluding hydrogens is 490 g/mol. The molecule has 0 fully saturated rings. The highest BCUT2D eigenvalue weighted by molar-refractivity contribution is 8.00. The van der Waals surface area contributed by atoms with Crippen LogP contribution in [0.15, 0.2) is 125 Å². The van der Waals surface area contributed by atoms with E-state index in [-0.39, 0.29) is 14.7 Å². The lowest BCUT2D eigenvalue weighted by molar-refractivity contribution is 0.589. The Morgan fingerprint density at radius 1 is 0.667 bits per heavy atom. The van der Waals surface area contributed by atoms with Crippen molar-refractivity contribution < 1.29 is 16.8 Å². The molecule has 0 aliphatic rings. The van der Waals surface area contributed by atoms with Crippen LogP contribution in [0.25, 0.3) is 21.9 Å². The summed E-state index contributed by atoms with van der Waals surface area (Å²) in [6, 6.07) is 30.8. The first kappa shape index (κ1) is 23.8. The summed E-state index contributed by atoms with van der Waals surface area (Å²) in [5, 5.41) is 0.630. The first-order valence-corrected chi connectivity index (χ1v) is 14.2. The van der Waals surface area contributed by atoms with Gasteiger partial charge in [0.1, 0.15) is 0 Å². The van der Waals surface area contributed by atoms with Crippen molar-refractivity contribution in [3.05, 3.63) is 132 Å². The maximum Gasteiger partial charge on any atom is 0.268 e. The van der Waals surface area contributed by atoms with Gasteiger partial charge in [-0.15, -0.1) is 0 Å². The first-order valence-electron chi connectivity index (χ1n) is 11.3. The van der Waals surface area contributed by atoms with E-state index < -0.39 is 19.9 Å². The van der Waals surface area contributed by atoms with Gasteiger partial charge in [0.2, 0.25) is 9.84 Å². The lowest BCUT2D eigenvalue weighted by atomic mass is 10.1. The Balaban J connectivity index is 1.76. The van der Waals surface area contributed by atoms with Crippen molar-refractivity contribution in [3.63, 3.8) is 0 Å². The molecule has 5 aromatic rings. The van der Waals surface area contributed by atoms with Gasteiger partial charge in [0, 0.05) is 17.1 Å². The van der Waals surface area contributed by atoms with Crippen LogP contribution in [0.1, 0.15) is 16.7 Å². The molecule has 7 heteroatoms. The minimum atomic E-state index is -3.91. The molecule has 0 unspecified atom stereocenters. The Kier molecular flexibility index (Phi) is 6.12. The molecule has 0 saturated carbocycles. The Morgan fingerprint density at radius 2 is 1.25 bits per heavy atom. The smallest absolute Gasteiger partial charge is 0.241 e. The number of hydrogen-bond acceptors (Lipinski definition) is 4. The number of para-hydroxylation sites is 1. The molecule has 0 amide bonds. The summed E-state index contributed by atoms with van der Waals surface area (Å²) in [4.78, 5) is 0.408. The number of sulfone groups is 1. The molecule has 1 aromatic heterocycles. The lowest BCUT2D eigenvalue weighted by Gasteiger charge is -2.10. The van der Waals surface area contributed by atoms with E-state index >= 15 is 0 Å². The summed E-state index contributed by atoms with van der Waals surface area (Å²) in [6.07, 6.45) is 3.05. The molecular formula is C29H23NO4S2. The molecule has 0 spiro atoms. The normalized spacial score (nSPS) is 12.6. The number of aromatic nitrogens is 1. The average Bonchev–Trinajstić information content (AvgIpc) is 3.28. The Labute approximate surface area is 210 Å². The Hall–Kier alpha value is -3.94. The molecule has 1 heterocycles. The zero-order chi connectivity index (χ0) is 25.3. The minimum absolute atomic E-state index is 0.0879. The fourth-order valence-electron chi connectivity index (χ4n) is 4.10. The van der Waals surface area contributed by atoms with Gasteiger partial charge >= 0.3 is 0 Å². The van der Waals surface area contributed by atoms with Gasteiger partial charge in [0.25, 0.3) is 10.0 Å². The minimum Gasteiger partial charge on any atom is -0.241 e. The molecule has 0 atom stereocenters. The largest absolute Gasteiger partial charge is 0.268 e. The topological polar surface area (TPSA) is 73.2 Å². The van der Waals surface area contributed by atoms with Crippen molar-refractivity contribution in [1.29, 1.82) is 0 Å². The highest BCUT2D eigenvalue weighted by atomic mass is 32.2. The van der Waals surface area contributed by atoms with E-state index in [2.05, 4.69) is 0 Å². The van der Waals surface area contributed by atoms with Crippen molar-refractivity contribution in [2.45, 2.75) is 16.7 Å². The summed E-state index contributed by atoms with van der Waals surface area (Å²) in [5.74, 6) is 0. The maximum absolute atomic E-state index is 13.7. The number of rotatable bonds is 6. The van der Waals surface area contributed by atoms with Crippen LogP contribution in [0.2, 0.25) is 0 Å². The van der Waals surface area contributed by atoms with Gasteiger partial charge in [-0.05, 0) is 48.9 Å². The summed E-state index contributed by atoms with van der Waals surface area (Å²) in [5.41, 5.74) is 2.42. The van der Waals surface area contributed by atoms with Crippen LogP contribution in [0.4, 0.5) is 0 Å². The van der Waals surface area contributed by atoms with Crippen LogP contribution in [0.3, 0.4) is 0 Å². The van der Waals surface area contributed by atoms with E-state index in [9.17, 15) is 16.8 Å². The number of aryl methyl sites for hydroxylation is 1. The molecule has 0 bridgehead atoms. The molecule has 5 rings (SSSR count). The standard InChI is InChI=1S/C29H23NO4S2/c1-22-16-18-26(19-17-22)36(33,34)30-21-24(27-14-8-9-15-28(27)30)20-29(23-10-4-2-5-11-23)35(31,32)25-12-6-3-7-13-25/h2-21H,1H3/b29-20-. The quantitative estimate of drug-likeness (QED) is 0.273. The second-order valence-corrected chi connectivity index (χ2v) is 12.1. The van der Waals surface area contributed by atoms with E-state index in [0.717, 1.165) is 5.56 Å². The zero-order valence-electron chi connectivity index (χ0n) is 19.4. The monoisotopic (exact) mass is 513 g/mol. The Morgan fingerprint density at radius 3 is 1.92 bits per heavy atom. The van der Waals surface area contributed by atoms with Crippen LogP contribution in [0, 0.1) is 6.92 Å². The van der Waals surface area contributed by atoms with Crippen molar-refractivity contribution in [3.8, 4) is 0 Å². The highest BCUT2D eigenvalue weighted by Crippen LogP contribution is 2.33. The van der Waals surface area contributed by atoms with Crippen LogP contribution < -0.4 is 0 Å². The number of nitrogens with zero attached hydrogens (tertiary/aromatic N) is 1. The van der Waals surface area contributed by atoms with Gasteiger partial charge in [-0.25, -0.2) is 20.8 Å². The average molecular weight is 514 g/mol. The molecule has 180 valence electrons. The van der Waals surface area contributed by atoms with Gasteiger partial charge in [-0.1, -0.05) is 84.4 Å². The number of hydrogen-bond donors (Lipinski definition) is 0. The van der Waals surface area contributed by atoms with Crippen molar-refractivity contribution in [2.75, 3.05) is 0 Å². The van der Waals surface area contributed by atoms with Crippen LogP contribution in [-0.2, 0) is 19.9 Å². The third kappa shape index (κ3) is 4.27. The van der Waals surface area contributed by atoms with Gasteiger partial charge in [-0.3, -0.25) is 0 Å². The van der Waals surface area contributed by atoms with Crippen LogP contribution >= 0.6 is 0 Å². The van der Waals surface area contributed by atoms with Gasteiger partial charge < -0.3 is 0 Å². The van der Waals surface area contributed by atoms with Gasteiger partial charge in [0.05, 0.1) is 20.2 Å². The third-order valence-electron chi connectivity index (χ3n) is 5.97. The molecule has 0 N–H and O–H groups in total. The fourth-order valence-corrected chi connectivity index (χ4v) is 6.97. The molecule has 0 aliphatic carbocycles. The van der Waals surface area contributed by atoms with E-state index in [4.69, 9.17) is 0 Å². The second kappa shape index (κ2) is 9.26. The summed E-state index contributed by atoms with van der Waals surface area (Å²) < 4.78 is 55.8. The first-order chi connectivity index (χ1) is 17.3. The molecule has 5 nitrogen and oxygen atoms in total. The molecule has 0 saturated heterocycles. The second-order valence-electron chi connectivity index (χ2n) is 8.41. The molecule has 0 aliphatic heterocycles. The predicted molar refractivity (Wildman–Crippen MR) is 144 cm³/mol. The van der Waals surface area contributed by atoms with Gasteiger partial charge in [-0.2, -0.15) is 0 Å². The zero-order valence-corrected chi connectivity index (χ0v) is 21.1. The van der Waals surface area contributed by atoms with Gasteiger partial charge in [0.15, 0.2) is 0 Å². The molecule has 36 heavy (non-hydrogen) atoms. The summed E-state index contributed by atoms with van der Waals surface area (Å²) >= 11 is 0. The highest BCUT2D eigenvalue weighted by Gasteiger charge is 2.25. The third-order valence-corrected chi connectivity index (χ3v) is 9.49. The van der Waals surface area contributed by atoms with Crippen LogP contribution in [0.5, 0.6) is 0 Å². The lowest BCUT2D eigenvalue weighted by Crippen LogP contribution is -2.11. The molecule has 0 radical (unpaired) electrons. The van der Waals surface area contributed by atoms with E-state index in [1.165, 1.54) is 10.2 Å². The van der Waals surface area contributed by atoms with Crippen molar-refractivity contribution in [2.24, 2.45) is 0 Å². The van der Waals surface area contributed by atoms with Crippen molar-refractivity contribution >= 4 is 41.7 Å². The molecule has 4 aromatic carbocycles. The van der Waals surface area contributed by atoms with Crippen LogP contribution in [-0.4, -0.2) is 20.8 Å². The summed E-state index contributed by atoms with van der Waals surface area (Å²) in [6.45, 7) is 1.89. The Bertz CT molecular complexity index is 1790. The van der Waals surface area contributed by atoms with E-state index in [1.807, 2.05) is 13.0 Å². The van der Waals surface area contributed by atoms with E-state index in [0.29, 0.717) is 22.0 Å². The van der Waals surface area contributed by atoms with E-state index in [1.54, 1.807) is 109 Å². The predicted octanol–water partition coefficient (Wildman–Crippen LogP) is 6.16. The number of benzene rings is 4. The maximum atomic E-state index is 13.7. The summed E-state index contributed by atoms with van der Waals surface area (Å²) in [7, 11) is -7.81. The van der Waals surface area contributed by atoms with Crippen molar-refractivity contribution in [1.82, 2.24) is 3.97 Å². The fraction of sp³-hybridized carbons (Fsp3) is 0.0345.